The van der Waals surface area contributed by atoms with Gasteiger partial charge in [0.15, 0.2) is 0 Å². The summed E-state index contributed by atoms with van der Waals surface area (Å²) in [7, 11) is 4.04. The number of rotatable bonds is 3. The predicted molar refractivity (Wildman–Crippen MR) is 117 cm³/mol. The van der Waals surface area contributed by atoms with Crippen LogP contribution in [0.5, 0.6) is 0 Å². The number of anilines is 3. The van der Waals surface area contributed by atoms with Crippen LogP contribution < -0.4 is 20.8 Å². The molecule has 0 amide bonds. The molecule has 1 unspecified atom stereocenters. The van der Waals surface area contributed by atoms with Crippen molar-refractivity contribution in [2.24, 2.45) is 0 Å². The van der Waals surface area contributed by atoms with E-state index in [2.05, 4.69) is 39.5 Å². The molecule has 0 bridgehead atoms. The summed E-state index contributed by atoms with van der Waals surface area (Å²) >= 11 is 0. The zero-order chi connectivity index (χ0) is 20.0. The molecule has 1 N–H and O–H groups in total. The van der Waals surface area contributed by atoms with Crippen LogP contribution in [0, 0.1) is 0 Å². The standard InChI is InChI=1S/C23H21N5O/c1-26(2)17-14-12-16(13-15-17)21-25-28-22(29)19-10-6-7-11-20(19)24-23(28)27(21)18-8-4-3-5-9-18/h3-15,21,25H,1-2H3. The van der Waals surface area contributed by atoms with E-state index in [1.165, 1.54) is 0 Å². The summed E-state index contributed by atoms with van der Waals surface area (Å²) in [6, 6.07) is 25.8. The lowest BCUT2D eigenvalue weighted by Gasteiger charge is -2.25. The highest BCUT2D eigenvalue weighted by molar-refractivity contribution is 5.80. The highest BCUT2D eigenvalue weighted by Gasteiger charge is 2.34. The van der Waals surface area contributed by atoms with Crippen molar-refractivity contribution >= 4 is 28.2 Å². The normalized spacial score (nSPS) is 15.2. The van der Waals surface area contributed by atoms with Crippen LogP contribution in [-0.2, 0) is 0 Å². The van der Waals surface area contributed by atoms with Crippen molar-refractivity contribution in [2.75, 3.05) is 29.3 Å². The Kier molecular flexibility index (Phi) is 3.98. The maximum absolute atomic E-state index is 13.1. The number of para-hydroxylation sites is 2. The molecule has 0 spiro atoms. The van der Waals surface area contributed by atoms with Crippen LogP contribution in [0.4, 0.5) is 17.3 Å². The van der Waals surface area contributed by atoms with Gasteiger partial charge in [-0.3, -0.25) is 15.1 Å². The molecule has 6 nitrogen and oxygen atoms in total. The molecule has 1 aliphatic heterocycles. The molecule has 0 aliphatic carbocycles. The van der Waals surface area contributed by atoms with Gasteiger partial charge in [-0.1, -0.05) is 42.5 Å². The lowest BCUT2D eigenvalue weighted by atomic mass is 10.1. The number of aromatic nitrogens is 2. The van der Waals surface area contributed by atoms with Gasteiger partial charge in [-0.15, -0.1) is 0 Å². The quantitative estimate of drug-likeness (QED) is 0.582. The Balaban J connectivity index is 1.69. The monoisotopic (exact) mass is 383 g/mol. The Morgan fingerprint density at radius 1 is 0.897 bits per heavy atom. The minimum Gasteiger partial charge on any atom is -0.378 e. The first kappa shape index (κ1) is 17.3. The van der Waals surface area contributed by atoms with Gasteiger partial charge in [-0.2, -0.15) is 4.68 Å². The molecule has 4 aromatic rings. The first-order valence-corrected chi connectivity index (χ1v) is 9.53. The highest BCUT2D eigenvalue weighted by Crippen LogP contribution is 2.37. The number of fused-ring (bicyclic) bond motifs is 2. The maximum Gasteiger partial charge on any atom is 0.281 e. The number of hydrogen-bond donors (Lipinski definition) is 1. The van der Waals surface area contributed by atoms with Crippen molar-refractivity contribution in [3.63, 3.8) is 0 Å². The van der Waals surface area contributed by atoms with E-state index < -0.39 is 0 Å². The second-order valence-corrected chi connectivity index (χ2v) is 7.29. The van der Waals surface area contributed by atoms with Crippen molar-refractivity contribution in [3.8, 4) is 0 Å². The van der Waals surface area contributed by atoms with Crippen molar-refractivity contribution in [1.29, 1.82) is 0 Å². The van der Waals surface area contributed by atoms with Gasteiger partial charge in [-0.05, 0) is 42.0 Å². The van der Waals surface area contributed by atoms with Crippen LogP contribution in [0.25, 0.3) is 10.9 Å². The van der Waals surface area contributed by atoms with E-state index in [4.69, 9.17) is 4.98 Å². The third-order valence-electron chi connectivity index (χ3n) is 5.24. The largest absolute Gasteiger partial charge is 0.378 e. The summed E-state index contributed by atoms with van der Waals surface area (Å²) < 4.78 is 1.56. The predicted octanol–water partition coefficient (Wildman–Crippen LogP) is 3.86. The fourth-order valence-corrected chi connectivity index (χ4v) is 3.73. The molecular formula is C23H21N5O. The lowest BCUT2D eigenvalue weighted by molar-refractivity contribution is 0.767. The van der Waals surface area contributed by atoms with Gasteiger partial charge in [0.1, 0.15) is 6.17 Å². The average Bonchev–Trinajstić information content (AvgIpc) is 3.14. The van der Waals surface area contributed by atoms with E-state index in [1.54, 1.807) is 4.68 Å². The van der Waals surface area contributed by atoms with E-state index in [1.807, 2.05) is 68.7 Å². The van der Waals surface area contributed by atoms with Crippen LogP contribution in [0.3, 0.4) is 0 Å². The van der Waals surface area contributed by atoms with Crippen LogP contribution in [0.1, 0.15) is 11.7 Å². The molecular weight excluding hydrogens is 362 g/mol. The van der Waals surface area contributed by atoms with E-state index in [0.717, 1.165) is 16.9 Å². The van der Waals surface area contributed by atoms with Gasteiger partial charge in [0, 0.05) is 25.5 Å². The molecule has 5 rings (SSSR count). The average molecular weight is 383 g/mol. The number of hydrogen-bond acceptors (Lipinski definition) is 5. The Labute approximate surface area is 168 Å². The molecule has 1 atom stereocenters. The topological polar surface area (TPSA) is 53.4 Å². The van der Waals surface area contributed by atoms with Crippen molar-refractivity contribution in [2.45, 2.75) is 6.17 Å². The van der Waals surface area contributed by atoms with Crippen LogP contribution >= 0.6 is 0 Å². The molecule has 144 valence electrons. The number of benzene rings is 3. The number of nitrogens with one attached hydrogen (secondary N) is 1. The zero-order valence-corrected chi connectivity index (χ0v) is 16.3. The Hall–Kier alpha value is -3.80. The van der Waals surface area contributed by atoms with Gasteiger partial charge < -0.3 is 4.90 Å². The van der Waals surface area contributed by atoms with Crippen LogP contribution in [-0.4, -0.2) is 23.8 Å². The van der Waals surface area contributed by atoms with Crippen LogP contribution in [0.15, 0.2) is 83.7 Å². The zero-order valence-electron chi connectivity index (χ0n) is 16.3. The molecule has 6 heteroatoms. The summed E-state index contributed by atoms with van der Waals surface area (Å²) in [4.78, 5) is 22.1. The van der Waals surface area contributed by atoms with Gasteiger partial charge in [0.2, 0.25) is 5.95 Å². The number of nitrogens with zero attached hydrogens (tertiary/aromatic N) is 4. The Bertz CT molecular complexity index is 1230. The molecule has 0 saturated heterocycles. The Morgan fingerprint density at radius 2 is 1.59 bits per heavy atom. The Morgan fingerprint density at radius 3 is 2.31 bits per heavy atom. The summed E-state index contributed by atoms with van der Waals surface area (Å²) in [6.07, 6.45) is -0.245. The third-order valence-corrected chi connectivity index (χ3v) is 5.24. The fraction of sp³-hybridized carbons (Fsp3) is 0.130. The third kappa shape index (κ3) is 2.81. The van der Waals surface area contributed by atoms with E-state index in [0.29, 0.717) is 16.9 Å². The van der Waals surface area contributed by atoms with E-state index in [-0.39, 0.29) is 11.7 Å². The molecule has 1 aromatic heterocycles. The second kappa shape index (κ2) is 6.67. The molecule has 29 heavy (non-hydrogen) atoms. The summed E-state index contributed by atoms with van der Waals surface area (Å²) in [6.45, 7) is 0. The lowest BCUT2D eigenvalue weighted by Crippen LogP contribution is -2.27. The fourth-order valence-electron chi connectivity index (χ4n) is 3.73. The molecule has 1 aliphatic rings. The summed E-state index contributed by atoms with van der Waals surface area (Å²) in [5, 5.41) is 0.598. The van der Waals surface area contributed by atoms with Crippen molar-refractivity contribution < 1.29 is 0 Å². The van der Waals surface area contributed by atoms with Crippen LogP contribution in [0.2, 0.25) is 0 Å². The molecule has 0 saturated carbocycles. The SMILES string of the molecule is CN(C)c1ccc(C2Nn3c(nc4ccccc4c3=O)N2c2ccccc2)cc1. The van der Waals surface area contributed by atoms with Crippen molar-refractivity contribution in [1.82, 2.24) is 9.66 Å². The van der Waals surface area contributed by atoms with Gasteiger partial charge in [0.25, 0.3) is 5.56 Å². The maximum atomic E-state index is 13.1. The molecule has 2 heterocycles. The van der Waals surface area contributed by atoms with Gasteiger partial charge >= 0.3 is 0 Å². The molecule has 0 radical (unpaired) electrons. The van der Waals surface area contributed by atoms with E-state index >= 15 is 0 Å². The first-order valence-electron chi connectivity index (χ1n) is 9.53. The molecule has 0 fully saturated rings. The minimum absolute atomic E-state index is 0.0982. The summed E-state index contributed by atoms with van der Waals surface area (Å²) in [5.41, 5.74) is 7.09. The van der Waals surface area contributed by atoms with Crippen molar-refractivity contribution in [3.05, 3.63) is 94.8 Å². The smallest absolute Gasteiger partial charge is 0.281 e. The summed E-state index contributed by atoms with van der Waals surface area (Å²) in [5.74, 6) is 0.585. The minimum atomic E-state index is -0.245. The van der Waals surface area contributed by atoms with E-state index in [9.17, 15) is 4.79 Å². The highest BCUT2D eigenvalue weighted by atomic mass is 16.1. The second-order valence-electron chi connectivity index (χ2n) is 7.29. The van der Waals surface area contributed by atoms with Gasteiger partial charge in [-0.25, -0.2) is 4.98 Å². The van der Waals surface area contributed by atoms with Gasteiger partial charge in [0.05, 0.1) is 10.9 Å². The molecule has 3 aromatic carbocycles. The first-order chi connectivity index (χ1) is 14.1.